The van der Waals surface area contributed by atoms with Gasteiger partial charge in [-0.15, -0.1) is 0 Å². The van der Waals surface area contributed by atoms with Crippen LogP contribution in [0.1, 0.15) is 29.0 Å². The van der Waals surface area contributed by atoms with Gasteiger partial charge in [-0.1, -0.05) is 59.2 Å². The second-order valence-electron chi connectivity index (χ2n) is 8.35. The van der Waals surface area contributed by atoms with Crippen molar-refractivity contribution < 1.29 is 24.2 Å². The molecule has 1 heterocycles. The van der Waals surface area contributed by atoms with Crippen LogP contribution in [0.25, 0.3) is 11.1 Å². The molecule has 0 aliphatic rings. The molecule has 0 aliphatic carbocycles. The summed E-state index contributed by atoms with van der Waals surface area (Å²) in [7, 11) is 1.61. The summed E-state index contributed by atoms with van der Waals surface area (Å²) < 4.78 is 19.8. The van der Waals surface area contributed by atoms with Gasteiger partial charge in [0.2, 0.25) is 5.56 Å². The predicted octanol–water partition coefficient (Wildman–Crippen LogP) is 6.30. The van der Waals surface area contributed by atoms with E-state index in [1.807, 2.05) is 24.3 Å². The van der Waals surface area contributed by atoms with Crippen LogP contribution in [0.15, 0.2) is 95.0 Å². The number of nitrogens with zero attached hydrogens (tertiary/aromatic N) is 2. The van der Waals surface area contributed by atoms with Crippen LogP contribution >= 0.6 is 11.6 Å². The maximum absolute atomic E-state index is 13.8. The molecule has 0 radical (unpaired) electrons. The molecule has 37 heavy (non-hydrogen) atoms. The van der Waals surface area contributed by atoms with E-state index in [0.717, 1.165) is 16.7 Å². The van der Waals surface area contributed by atoms with Gasteiger partial charge in [0.05, 0.1) is 5.71 Å². The number of carboxylic acid groups (broad SMARTS) is 1. The van der Waals surface area contributed by atoms with Gasteiger partial charge >= 0.3 is 6.16 Å². The third-order valence-electron chi connectivity index (χ3n) is 5.98. The third-order valence-corrected chi connectivity index (χ3v) is 6.31. The minimum atomic E-state index is -1.38. The van der Waals surface area contributed by atoms with Gasteiger partial charge in [-0.25, -0.2) is 9.18 Å². The van der Waals surface area contributed by atoms with Crippen LogP contribution in [-0.4, -0.2) is 26.7 Å². The van der Waals surface area contributed by atoms with Crippen molar-refractivity contribution in [2.75, 3.05) is 0 Å². The summed E-state index contributed by atoms with van der Waals surface area (Å²) in [4.78, 5) is 22.5. The fraction of sp³-hybridized carbons (Fsp3) is 0.107. The van der Waals surface area contributed by atoms with Gasteiger partial charge in [-0.3, -0.25) is 4.79 Å². The number of hydrogen-bond donors (Lipinski definition) is 2. The van der Waals surface area contributed by atoms with Crippen LogP contribution < -0.4 is 10.3 Å². The SMILES string of the molecule is Cn1cc(/C(CC(c2ccc(-c3ccc(OC(=O)O)cc3)cc2)c2ccc(F)cc2Cl)=N/O)ccc1=O. The van der Waals surface area contributed by atoms with Crippen molar-refractivity contribution in [1.82, 2.24) is 4.57 Å². The molecule has 2 N–H and O–H groups in total. The van der Waals surface area contributed by atoms with E-state index in [1.54, 1.807) is 49.6 Å². The third kappa shape index (κ3) is 6.05. The molecular weight excluding hydrogens is 499 g/mol. The maximum Gasteiger partial charge on any atom is 0.511 e. The molecule has 4 rings (SSSR count). The van der Waals surface area contributed by atoms with Crippen LogP contribution in [0, 0.1) is 5.82 Å². The summed E-state index contributed by atoms with van der Waals surface area (Å²) >= 11 is 6.43. The van der Waals surface area contributed by atoms with Gasteiger partial charge < -0.3 is 19.6 Å². The molecule has 0 saturated carbocycles. The zero-order valence-corrected chi connectivity index (χ0v) is 20.4. The Morgan fingerprint density at radius 2 is 1.68 bits per heavy atom. The predicted molar refractivity (Wildman–Crippen MR) is 138 cm³/mol. The minimum absolute atomic E-state index is 0.197. The molecule has 4 aromatic rings. The van der Waals surface area contributed by atoms with E-state index in [4.69, 9.17) is 16.7 Å². The first-order valence-corrected chi connectivity index (χ1v) is 11.6. The smallest absolute Gasteiger partial charge is 0.449 e. The summed E-state index contributed by atoms with van der Waals surface area (Å²) in [6.45, 7) is 0. The Hall–Kier alpha value is -4.43. The molecule has 0 amide bonds. The Morgan fingerprint density at radius 3 is 2.24 bits per heavy atom. The average molecular weight is 521 g/mol. The van der Waals surface area contributed by atoms with E-state index in [-0.39, 0.29) is 22.8 Å². The fourth-order valence-electron chi connectivity index (χ4n) is 4.09. The molecule has 0 bridgehead atoms. The van der Waals surface area contributed by atoms with Crippen molar-refractivity contribution >= 4 is 23.5 Å². The molecule has 0 fully saturated rings. The van der Waals surface area contributed by atoms with Crippen molar-refractivity contribution in [3.8, 4) is 16.9 Å². The lowest BCUT2D eigenvalue weighted by molar-refractivity contribution is 0.144. The molecular formula is C28H22ClFN2O5. The molecule has 0 aliphatic heterocycles. The number of aryl methyl sites for hydroxylation is 1. The summed E-state index contributed by atoms with van der Waals surface area (Å²) in [5.74, 6) is -0.642. The zero-order valence-electron chi connectivity index (χ0n) is 19.6. The highest BCUT2D eigenvalue weighted by molar-refractivity contribution is 6.31. The van der Waals surface area contributed by atoms with E-state index >= 15 is 0 Å². The van der Waals surface area contributed by atoms with Gasteiger partial charge in [0, 0.05) is 42.2 Å². The van der Waals surface area contributed by atoms with Crippen LogP contribution in [-0.2, 0) is 7.05 Å². The first-order valence-electron chi connectivity index (χ1n) is 11.2. The normalized spacial score (nSPS) is 12.2. The second kappa shape index (κ2) is 11.1. The second-order valence-corrected chi connectivity index (χ2v) is 8.76. The molecule has 7 nitrogen and oxygen atoms in total. The monoisotopic (exact) mass is 520 g/mol. The van der Waals surface area contributed by atoms with Crippen LogP contribution in [0.4, 0.5) is 9.18 Å². The van der Waals surface area contributed by atoms with Crippen molar-refractivity contribution in [2.24, 2.45) is 12.2 Å². The quantitative estimate of drug-likeness (QED) is 0.0978. The van der Waals surface area contributed by atoms with E-state index in [1.165, 1.54) is 22.8 Å². The van der Waals surface area contributed by atoms with Gasteiger partial charge in [0.15, 0.2) is 0 Å². The zero-order chi connectivity index (χ0) is 26.5. The van der Waals surface area contributed by atoms with Crippen molar-refractivity contribution in [3.63, 3.8) is 0 Å². The Morgan fingerprint density at radius 1 is 1.03 bits per heavy atom. The first-order chi connectivity index (χ1) is 17.7. The number of aromatic nitrogens is 1. The minimum Gasteiger partial charge on any atom is -0.449 e. The summed E-state index contributed by atoms with van der Waals surface area (Å²) in [5.41, 5.74) is 3.92. The highest BCUT2D eigenvalue weighted by atomic mass is 35.5. The van der Waals surface area contributed by atoms with Crippen molar-refractivity contribution in [3.05, 3.63) is 123 Å². The Bertz CT molecular complexity index is 1520. The number of rotatable bonds is 7. The van der Waals surface area contributed by atoms with E-state index in [9.17, 15) is 19.2 Å². The van der Waals surface area contributed by atoms with Gasteiger partial charge in [-0.05, 0) is 52.6 Å². The molecule has 188 valence electrons. The average Bonchev–Trinajstić information content (AvgIpc) is 2.87. The summed E-state index contributed by atoms with van der Waals surface area (Å²) in [6.07, 6.45) is 0.424. The van der Waals surface area contributed by atoms with E-state index in [0.29, 0.717) is 16.8 Å². The highest BCUT2D eigenvalue weighted by Crippen LogP contribution is 2.35. The van der Waals surface area contributed by atoms with E-state index in [2.05, 4.69) is 9.89 Å². The standard InChI is InChI=1S/C28H22ClFN2O5/c1-32-16-20(8-13-27(32)33)26(31-36)15-24(23-12-9-21(30)14-25(23)29)19-4-2-17(3-5-19)18-6-10-22(11-7-18)37-28(34)35/h2-14,16,24,36H,15H2,1H3,(H,34,35)/b31-26+. The van der Waals surface area contributed by atoms with E-state index < -0.39 is 17.9 Å². The number of oxime groups is 1. The molecule has 1 unspecified atom stereocenters. The Balaban J connectivity index is 1.69. The molecule has 0 spiro atoms. The summed E-state index contributed by atoms with van der Waals surface area (Å²) in [6, 6.07) is 21.4. The maximum atomic E-state index is 13.8. The molecule has 9 heteroatoms. The van der Waals surface area contributed by atoms with Gasteiger partial charge in [-0.2, -0.15) is 0 Å². The van der Waals surface area contributed by atoms with Gasteiger partial charge in [0.25, 0.3) is 0 Å². The van der Waals surface area contributed by atoms with Crippen molar-refractivity contribution in [2.45, 2.75) is 12.3 Å². The number of benzene rings is 3. The Labute approximate surface area is 216 Å². The van der Waals surface area contributed by atoms with Crippen LogP contribution in [0.5, 0.6) is 5.75 Å². The van der Waals surface area contributed by atoms with Crippen molar-refractivity contribution in [1.29, 1.82) is 0 Å². The number of pyridine rings is 1. The van der Waals surface area contributed by atoms with Gasteiger partial charge in [0.1, 0.15) is 11.6 Å². The first kappa shape index (κ1) is 25.7. The largest absolute Gasteiger partial charge is 0.511 e. The molecule has 3 aromatic carbocycles. The number of ether oxygens (including phenoxy) is 1. The highest BCUT2D eigenvalue weighted by Gasteiger charge is 2.22. The fourth-order valence-corrected chi connectivity index (χ4v) is 4.39. The van der Waals surface area contributed by atoms with Crippen LogP contribution in [0.3, 0.4) is 0 Å². The molecule has 1 atom stereocenters. The lowest BCUT2D eigenvalue weighted by Crippen LogP contribution is -2.18. The number of halogens is 2. The lowest BCUT2D eigenvalue weighted by atomic mass is 9.85. The Kier molecular flexibility index (Phi) is 7.69. The lowest BCUT2D eigenvalue weighted by Gasteiger charge is -2.21. The number of carbonyl (C=O) groups is 1. The summed E-state index contributed by atoms with van der Waals surface area (Å²) in [5, 5.41) is 22.3. The molecule has 0 saturated heterocycles. The van der Waals surface area contributed by atoms with Crippen LogP contribution in [0.2, 0.25) is 5.02 Å². The number of hydrogen-bond acceptors (Lipinski definition) is 5. The topological polar surface area (TPSA) is 101 Å². The molecule has 1 aromatic heterocycles.